The zero-order chi connectivity index (χ0) is 18.1. The molecular weight excluding hydrogens is 455 g/mol. The van der Waals surface area contributed by atoms with Crippen LogP contribution in [-0.4, -0.2) is 51.3 Å². The molecule has 0 spiro atoms. The van der Waals surface area contributed by atoms with Crippen LogP contribution in [-0.2, 0) is 11.3 Å². The molecule has 2 rings (SSSR count). The highest BCUT2D eigenvalue weighted by molar-refractivity contribution is 14.0. The Labute approximate surface area is 170 Å². The Kier molecular flexibility index (Phi) is 10.5. The number of benzene rings is 1. The molecule has 1 aliphatic heterocycles. The van der Waals surface area contributed by atoms with Crippen LogP contribution in [0.3, 0.4) is 0 Å². The molecule has 0 fully saturated rings. The molecule has 0 saturated heterocycles. The Bertz CT molecular complexity index is 595. The molecule has 0 saturated carbocycles. The second-order valence-corrected chi connectivity index (χ2v) is 5.79. The summed E-state index contributed by atoms with van der Waals surface area (Å²) in [5.41, 5.74) is 2.39. The molecule has 26 heavy (non-hydrogen) atoms. The molecule has 0 amide bonds. The minimum Gasteiger partial charge on any atom is -0.435 e. The number of nitrogens with zero attached hydrogens (tertiary/aromatic N) is 2. The first-order valence-corrected chi connectivity index (χ1v) is 8.29. The molecule has 146 valence electrons. The number of halogens is 3. The molecule has 0 unspecified atom stereocenters. The standard InChI is InChI=1S/C18H25F2N3O2.HI/c1-21-18(22-10-7-14-8-11-24-12-9-14)23(2)13-15-3-5-16(6-4-15)25-17(19)20;/h3-6,8,17H,7,9-13H2,1-2H3,(H,21,22);1H. The van der Waals surface area contributed by atoms with Gasteiger partial charge in [-0.25, -0.2) is 0 Å². The summed E-state index contributed by atoms with van der Waals surface area (Å²) in [4.78, 5) is 6.27. The van der Waals surface area contributed by atoms with Gasteiger partial charge in [0.2, 0.25) is 0 Å². The Balaban J connectivity index is 0.00000338. The topological polar surface area (TPSA) is 46.1 Å². The quantitative estimate of drug-likeness (QED) is 0.280. The molecular formula is C18H26F2IN3O2. The third-order valence-electron chi connectivity index (χ3n) is 3.93. The van der Waals surface area contributed by atoms with E-state index in [1.54, 1.807) is 31.3 Å². The van der Waals surface area contributed by atoms with E-state index in [0.29, 0.717) is 13.2 Å². The zero-order valence-corrected chi connectivity index (χ0v) is 17.4. The third-order valence-corrected chi connectivity index (χ3v) is 3.93. The fraction of sp³-hybridized carbons (Fsp3) is 0.500. The number of ether oxygens (including phenoxy) is 2. The van der Waals surface area contributed by atoms with Crippen molar-refractivity contribution in [1.82, 2.24) is 10.2 Å². The Hall–Kier alpha value is -1.42. The van der Waals surface area contributed by atoms with Crippen LogP contribution < -0.4 is 10.1 Å². The lowest BCUT2D eigenvalue weighted by molar-refractivity contribution is -0.0498. The average Bonchev–Trinajstić information content (AvgIpc) is 2.61. The zero-order valence-electron chi connectivity index (χ0n) is 15.1. The van der Waals surface area contributed by atoms with E-state index in [1.165, 1.54) is 5.57 Å². The van der Waals surface area contributed by atoms with Crippen molar-refractivity contribution in [3.05, 3.63) is 41.5 Å². The van der Waals surface area contributed by atoms with Gasteiger partial charge < -0.3 is 19.7 Å². The van der Waals surface area contributed by atoms with Crippen LogP contribution in [0.5, 0.6) is 5.75 Å². The van der Waals surface area contributed by atoms with Crippen molar-refractivity contribution >= 4 is 29.9 Å². The van der Waals surface area contributed by atoms with E-state index < -0.39 is 6.61 Å². The number of guanidine groups is 1. The highest BCUT2D eigenvalue weighted by atomic mass is 127. The maximum atomic E-state index is 12.2. The minimum absolute atomic E-state index is 0. The van der Waals surface area contributed by atoms with E-state index >= 15 is 0 Å². The molecule has 5 nitrogen and oxygen atoms in total. The molecule has 0 aliphatic carbocycles. The van der Waals surface area contributed by atoms with Gasteiger partial charge in [-0.05, 0) is 30.5 Å². The summed E-state index contributed by atoms with van der Waals surface area (Å²) in [6.45, 7) is 0.123. The molecule has 0 aromatic heterocycles. The van der Waals surface area contributed by atoms with Gasteiger partial charge in [-0.2, -0.15) is 8.78 Å². The molecule has 1 aromatic rings. The number of alkyl halides is 2. The third kappa shape index (κ3) is 7.86. The van der Waals surface area contributed by atoms with Crippen LogP contribution in [0.1, 0.15) is 18.4 Å². The summed E-state index contributed by atoms with van der Waals surface area (Å²) >= 11 is 0. The predicted octanol–water partition coefficient (Wildman–Crippen LogP) is 3.65. The van der Waals surface area contributed by atoms with Crippen LogP contribution in [0, 0.1) is 0 Å². The highest BCUT2D eigenvalue weighted by Crippen LogP contribution is 2.16. The summed E-state index contributed by atoms with van der Waals surface area (Å²) in [6.07, 6.45) is 4.10. The molecule has 0 atom stereocenters. The molecule has 1 aliphatic rings. The van der Waals surface area contributed by atoms with Crippen molar-refractivity contribution in [1.29, 1.82) is 0 Å². The smallest absolute Gasteiger partial charge is 0.387 e. The van der Waals surface area contributed by atoms with Crippen LogP contribution >= 0.6 is 24.0 Å². The van der Waals surface area contributed by atoms with E-state index in [2.05, 4.69) is 21.1 Å². The van der Waals surface area contributed by atoms with Crippen molar-refractivity contribution < 1.29 is 18.3 Å². The van der Waals surface area contributed by atoms with Gasteiger partial charge in [0.1, 0.15) is 5.75 Å². The van der Waals surface area contributed by atoms with Gasteiger partial charge in [0.25, 0.3) is 0 Å². The van der Waals surface area contributed by atoms with Crippen molar-refractivity contribution in [3.8, 4) is 5.75 Å². The van der Waals surface area contributed by atoms with Crippen LogP contribution in [0.4, 0.5) is 8.78 Å². The molecule has 1 aromatic carbocycles. The summed E-state index contributed by atoms with van der Waals surface area (Å²) in [5.74, 6) is 0.953. The van der Waals surface area contributed by atoms with Gasteiger partial charge in [0.15, 0.2) is 5.96 Å². The van der Waals surface area contributed by atoms with E-state index in [0.717, 1.165) is 37.5 Å². The van der Waals surface area contributed by atoms with Crippen LogP contribution in [0.25, 0.3) is 0 Å². The van der Waals surface area contributed by atoms with Crippen LogP contribution in [0.15, 0.2) is 40.9 Å². The van der Waals surface area contributed by atoms with Gasteiger partial charge in [0.05, 0.1) is 13.2 Å². The van der Waals surface area contributed by atoms with Gasteiger partial charge in [-0.3, -0.25) is 4.99 Å². The molecule has 0 radical (unpaired) electrons. The Morgan fingerprint density at radius 3 is 2.65 bits per heavy atom. The fourth-order valence-electron chi connectivity index (χ4n) is 2.64. The Morgan fingerprint density at radius 2 is 2.08 bits per heavy atom. The summed E-state index contributed by atoms with van der Waals surface area (Å²) in [5, 5.41) is 3.34. The summed E-state index contributed by atoms with van der Waals surface area (Å²) < 4.78 is 34.0. The molecule has 1 heterocycles. The minimum atomic E-state index is -2.80. The lowest BCUT2D eigenvalue weighted by Gasteiger charge is -2.23. The van der Waals surface area contributed by atoms with E-state index in [9.17, 15) is 8.78 Å². The molecule has 0 bridgehead atoms. The SMILES string of the molecule is CN=C(NCCC1=CCOCC1)N(C)Cc1ccc(OC(F)F)cc1.I. The van der Waals surface area contributed by atoms with Gasteiger partial charge in [-0.15, -0.1) is 24.0 Å². The monoisotopic (exact) mass is 481 g/mol. The maximum absolute atomic E-state index is 12.2. The van der Waals surface area contributed by atoms with Crippen LogP contribution in [0.2, 0.25) is 0 Å². The van der Waals surface area contributed by atoms with Crippen molar-refractivity contribution in [2.24, 2.45) is 4.99 Å². The van der Waals surface area contributed by atoms with E-state index in [1.807, 2.05) is 11.9 Å². The number of rotatable bonds is 7. The van der Waals surface area contributed by atoms with Gasteiger partial charge >= 0.3 is 6.61 Å². The lowest BCUT2D eigenvalue weighted by Crippen LogP contribution is -2.39. The number of nitrogens with one attached hydrogen (secondary N) is 1. The van der Waals surface area contributed by atoms with Crippen molar-refractivity contribution in [3.63, 3.8) is 0 Å². The Morgan fingerprint density at radius 1 is 1.35 bits per heavy atom. The van der Waals surface area contributed by atoms with E-state index in [-0.39, 0.29) is 29.7 Å². The van der Waals surface area contributed by atoms with Crippen molar-refractivity contribution in [2.75, 3.05) is 33.9 Å². The molecule has 1 N–H and O–H groups in total. The van der Waals surface area contributed by atoms with Gasteiger partial charge in [0, 0.05) is 27.2 Å². The second kappa shape index (κ2) is 12.1. The average molecular weight is 481 g/mol. The summed E-state index contributed by atoms with van der Waals surface area (Å²) in [6, 6.07) is 6.63. The fourth-order valence-corrected chi connectivity index (χ4v) is 2.64. The maximum Gasteiger partial charge on any atom is 0.387 e. The highest BCUT2D eigenvalue weighted by Gasteiger charge is 2.09. The first kappa shape index (κ1) is 22.6. The normalized spacial score (nSPS) is 14.5. The first-order chi connectivity index (χ1) is 12.1. The largest absolute Gasteiger partial charge is 0.435 e. The first-order valence-electron chi connectivity index (χ1n) is 8.29. The number of aliphatic imine (C=N–C) groups is 1. The van der Waals surface area contributed by atoms with Gasteiger partial charge in [-0.1, -0.05) is 23.8 Å². The van der Waals surface area contributed by atoms with Crippen molar-refractivity contribution in [2.45, 2.75) is 26.0 Å². The number of hydrogen-bond donors (Lipinski definition) is 1. The second-order valence-electron chi connectivity index (χ2n) is 5.79. The lowest BCUT2D eigenvalue weighted by atomic mass is 10.1. The van der Waals surface area contributed by atoms with E-state index in [4.69, 9.17) is 4.74 Å². The predicted molar refractivity (Wildman–Crippen MR) is 109 cm³/mol. The summed E-state index contributed by atoms with van der Waals surface area (Å²) in [7, 11) is 3.68. The number of hydrogen-bond acceptors (Lipinski definition) is 3. The molecule has 8 heteroatoms.